The van der Waals surface area contributed by atoms with Crippen LogP contribution in [0.4, 0.5) is 5.13 Å². The predicted octanol–water partition coefficient (Wildman–Crippen LogP) is 3.53. The van der Waals surface area contributed by atoms with Gasteiger partial charge in [-0.25, -0.2) is 4.98 Å². The van der Waals surface area contributed by atoms with E-state index in [0.29, 0.717) is 16.1 Å². The second-order valence-electron chi connectivity index (χ2n) is 5.76. The van der Waals surface area contributed by atoms with E-state index in [4.69, 9.17) is 4.74 Å². The van der Waals surface area contributed by atoms with Crippen molar-refractivity contribution in [1.82, 2.24) is 24.7 Å². The minimum absolute atomic E-state index is 0.155. The fourth-order valence-electron chi connectivity index (χ4n) is 2.58. The molecule has 4 aromatic rings. The van der Waals surface area contributed by atoms with Gasteiger partial charge in [-0.05, 0) is 36.4 Å². The molecule has 0 bridgehead atoms. The molecule has 0 fully saturated rings. The zero-order chi connectivity index (χ0) is 20.1. The summed E-state index contributed by atoms with van der Waals surface area (Å²) in [4.78, 5) is 20.5. The summed E-state index contributed by atoms with van der Waals surface area (Å²) in [5.74, 6) is 1.42. The summed E-state index contributed by atoms with van der Waals surface area (Å²) in [6, 6.07) is 11.3. The summed E-state index contributed by atoms with van der Waals surface area (Å²) < 4.78 is 7.15. The highest BCUT2D eigenvalue weighted by Gasteiger charge is 2.18. The third kappa shape index (κ3) is 4.44. The van der Waals surface area contributed by atoms with Gasteiger partial charge in [-0.1, -0.05) is 11.8 Å². The number of amides is 1. The molecule has 0 aliphatic heterocycles. The number of carbonyl (C=O) groups excluding carboxylic acids is 1. The maximum absolute atomic E-state index is 12.2. The molecule has 0 atom stereocenters. The number of hydrogen-bond acceptors (Lipinski definition) is 8. The fraction of sp³-hybridized carbons (Fsp3) is 0.105. The minimum Gasteiger partial charge on any atom is -0.497 e. The monoisotopic (exact) mass is 424 g/mol. The molecule has 146 valence electrons. The molecule has 3 heterocycles. The number of methoxy groups -OCH3 is 1. The van der Waals surface area contributed by atoms with Crippen molar-refractivity contribution in [3.05, 3.63) is 60.4 Å². The zero-order valence-electron chi connectivity index (χ0n) is 15.3. The number of rotatable bonds is 7. The summed E-state index contributed by atoms with van der Waals surface area (Å²) >= 11 is 2.67. The number of thiazole rings is 1. The first-order valence-corrected chi connectivity index (χ1v) is 10.4. The first-order valence-electron chi connectivity index (χ1n) is 8.57. The van der Waals surface area contributed by atoms with E-state index in [2.05, 4.69) is 25.5 Å². The van der Waals surface area contributed by atoms with Gasteiger partial charge in [-0.2, -0.15) is 0 Å². The van der Waals surface area contributed by atoms with Crippen molar-refractivity contribution in [2.75, 3.05) is 18.2 Å². The Morgan fingerprint density at radius 2 is 2.07 bits per heavy atom. The van der Waals surface area contributed by atoms with Gasteiger partial charge in [0.2, 0.25) is 5.91 Å². The molecule has 8 nitrogen and oxygen atoms in total. The lowest BCUT2D eigenvalue weighted by Gasteiger charge is -2.11. The van der Waals surface area contributed by atoms with E-state index in [-0.39, 0.29) is 11.7 Å². The average molecular weight is 425 g/mol. The highest BCUT2D eigenvalue weighted by Crippen LogP contribution is 2.28. The Morgan fingerprint density at radius 3 is 2.76 bits per heavy atom. The van der Waals surface area contributed by atoms with Crippen LogP contribution < -0.4 is 10.1 Å². The van der Waals surface area contributed by atoms with E-state index in [9.17, 15) is 4.79 Å². The molecule has 1 N–H and O–H groups in total. The first kappa shape index (κ1) is 19.1. The second kappa shape index (κ2) is 8.84. The van der Waals surface area contributed by atoms with Crippen LogP contribution in [0.25, 0.3) is 17.1 Å². The van der Waals surface area contributed by atoms with Crippen molar-refractivity contribution in [2.24, 2.45) is 0 Å². The van der Waals surface area contributed by atoms with Gasteiger partial charge in [0.25, 0.3) is 0 Å². The van der Waals surface area contributed by atoms with Crippen molar-refractivity contribution < 1.29 is 9.53 Å². The molecule has 0 spiro atoms. The Labute approximate surface area is 175 Å². The molecular weight excluding hydrogens is 408 g/mol. The van der Waals surface area contributed by atoms with Crippen LogP contribution in [0, 0.1) is 0 Å². The number of nitrogens with zero attached hydrogens (tertiary/aromatic N) is 5. The Hall–Kier alpha value is -3.24. The number of benzene rings is 1. The molecule has 0 saturated heterocycles. The number of ether oxygens (including phenoxy) is 1. The average Bonchev–Trinajstić information content (AvgIpc) is 3.43. The molecule has 10 heteroatoms. The van der Waals surface area contributed by atoms with Crippen LogP contribution in [-0.2, 0) is 4.79 Å². The third-order valence-electron chi connectivity index (χ3n) is 3.89. The van der Waals surface area contributed by atoms with Crippen molar-refractivity contribution in [3.63, 3.8) is 0 Å². The van der Waals surface area contributed by atoms with Gasteiger partial charge in [0.15, 0.2) is 16.1 Å². The lowest BCUT2D eigenvalue weighted by Crippen LogP contribution is -2.14. The van der Waals surface area contributed by atoms with E-state index in [0.717, 1.165) is 17.0 Å². The number of carbonyl (C=O) groups is 1. The van der Waals surface area contributed by atoms with Crippen LogP contribution in [0.2, 0.25) is 0 Å². The number of aromatic nitrogens is 5. The standard InChI is InChI=1S/C19H16N6O2S2/c1-27-15-6-4-14(5-7-15)25-17(13-3-2-8-20-11-13)23-24-19(25)29-12-16(26)22-18-21-9-10-28-18/h2-11H,12H2,1H3,(H,21,22,26). The minimum atomic E-state index is -0.155. The molecule has 29 heavy (non-hydrogen) atoms. The van der Waals surface area contributed by atoms with Crippen molar-refractivity contribution in [3.8, 4) is 22.8 Å². The Kier molecular flexibility index (Phi) is 5.82. The van der Waals surface area contributed by atoms with Gasteiger partial charge >= 0.3 is 0 Å². The van der Waals surface area contributed by atoms with Gasteiger partial charge < -0.3 is 10.1 Å². The third-order valence-corrected chi connectivity index (χ3v) is 5.51. The van der Waals surface area contributed by atoms with Crippen molar-refractivity contribution in [1.29, 1.82) is 0 Å². The summed E-state index contributed by atoms with van der Waals surface area (Å²) in [5, 5.41) is 14.4. The second-order valence-corrected chi connectivity index (χ2v) is 7.59. The summed E-state index contributed by atoms with van der Waals surface area (Å²) in [6.45, 7) is 0. The number of thioether (sulfide) groups is 1. The number of anilines is 1. The largest absolute Gasteiger partial charge is 0.497 e. The zero-order valence-corrected chi connectivity index (χ0v) is 17.0. The molecule has 1 aromatic carbocycles. The van der Waals surface area contributed by atoms with Gasteiger partial charge in [0.1, 0.15) is 5.75 Å². The van der Waals surface area contributed by atoms with Crippen LogP contribution in [0.15, 0.2) is 65.5 Å². The maximum atomic E-state index is 12.2. The van der Waals surface area contributed by atoms with E-state index in [1.54, 1.807) is 25.7 Å². The number of nitrogens with one attached hydrogen (secondary N) is 1. The lowest BCUT2D eigenvalue weighted by atomic mass is 10.2. The van der Waals surface area contributed by atoms with Crippen LogP contribution >= 0.6 is 23.1 Å². The first-order chi connectivity index (χ1) is 14.2. The van der Waals surface area contributed by atoms with E-state index < -0.39 is 0 Å². The van der Waals surface area contributed by atoms with Gasteiger partial charge in [0, 0.05) is 35.2 Å². The smallest absolute Gasteiger partial charge is 0.236 e. The molecular formula is C19H16N6O2S2. The molecule has 0 unspecified atom stereocenters. The molecule has 0 radical (unpaired) electrons. The van der Waals surface area contributed by atoms with Crippen LogP contribution in [0.5, 0.6) is 5.75 Å². The van der Waals surface area contributed by atoms with Gasteiger partial charge in [-0.15, -0.1) is 21.5 Å². The van der Waals surface area contributed by atoms with Gasteiger partial charge in [-0.3, -0.25) is 14.3 Å². The van der Waals surface area contributed by atoms with Crippen LogP contribution in [-0.4, -0.2) is 43.5 Å². The molecule has 0 aliphatic carbocycles. The molecule has 0 aliphatic rings. The normalized spacial score (nSPS) is 10.7. The van der Waals surface area contributed by atoms with E-state index >= 15 is 0 Å². The van der Waals surface area contributed by atoms with E-state index in [1.165, 1.54) is 23.1 Å². The Morgan fingerprint density at radius 1 is 1.21 bits per heavy atom. The molecule has 3 aromatic heterocycles. The van der Waals surface area contributed by atoms with Gasteiger partial charge in [0.05, 0.1) is 12.9 Å². The summed E-state index contributed by atoms with van der Waals surface area (Å²) in [7, 11) is 1.62. The Balaban J connectivity index is 1.62. The summed E-state index contributed by atoms with van der Waals surface area (Å²) in [5.41, 5.74) is 1.69. The van der Waals surface area contributed by atoms with Crippen molar-refractivity contribution >= 4 is 34.1 Å². The van der Waals surface area contributed by atoms with Crippen LogP contribution in [0.1, 0.15) is 0 Å². The highest BCUT2D eigenvalue weighted by atomic mass is 32.2. The summed E-state index contributed by atoms with van der Waals surface area (Å²) in [6.07, 6.45) is 5.08. The maximum Gasteiger partial charge on any atom is 0.236 e. The molecule has 1 amide bonds. The fourth-order valence-corrected chi connectivity index (χ4v) is 3.88. The lowest BCUT2D eigenvalue weighted by molar-refractivity contribution is -0.113. The number of pyridine rings is 1. The Bertz CT molecular complexity index is 1080. The van der Waals surface area contributed by atoms with Crippen LogP contribution in [0.3, 0.4) is 0 Å². The highest BCUT2D eigenvalue weighted by molar-refractivity contribution is 7.99. The molecule has 0 saturated carbocycles. The predicted molar refractivity (Wildman–Crippen MR) is 113 cm³/mol. The number of hydrogen-bond donors (Lipinski definition) is 1. The SMILES string of the molecule is COc1ccc(-n2c(SCC(=O)Nc3nccs3)nnc2-c2cccnc2)cc1. The topological polar surface area (TPSA) is 94.8 Å². The quantitative estimate of drug-likeness (QED) is 0.454. The van der Waals surface area contributed by atoms with Crippen molar-refractivity contribution in [2.45, 2.75) is 5.16 Å². The molecule has 4 rings (SSSR count). The van der Waals surface area contributed by atoms with E-state index in [1.807, 2.05) is 46.3 Å².